The van der Waals surface area contributed by atoms with Crippen molar-refractivity contribution in [2.24, 2.45) is 0 Å². The van der Waals surface area contributed by atoms with Gasteiger partial charge in [0.05, 0.1) is 38.8 Å². The van der Waals surface area contributed by atoms with Crippen molar-refractivity contribution in [2.45, 2.75) is 0 Å². The van der Waals surface area contributed by atoms with Gasteiger partial charge in [-0.1, -0.05) is 15.9 Å². The molecule has 1 aromatic carbocycles. The first kappa shape index (κ1) is 13.5. The lowest BCUT2D eigenvalue weighted by atomic mass is 10.2. The fourth-order valence-corrected chi connectivity index (χ4v) is 2.24. The number of hydrazine groups is 1. The molecule has 2 rings (SSSR count). The van der Waals surface area contributed by atoms with Crippen LogP contribution in [0.2, 0.25) is 0 Å². The zero-order valence-electron chi connectivity index (χ0n) is 10.2. The van der Waals surface area contributed by atoms with E-state index in [1.54, 1.807) is 6.07 Å². The summed E-state index contributed by atoms with van der Waals surface area (Å²) in [5.74, 6) is -0.899. The summed E-state index contributed by atoms with van der Waals surface area (Å²) in [6.07, 6.45) is 0. The van der Waals surface area contributed by atoms with Gasteiger partial charge < -0.3 is 4.90 Å². The van der Waals surface area contributed by atoms with Gasteiger partial charge in [0.1, 0.15) is 5.82 Å². The molecular formula is C12H16BrFN3O+. The monoisotopic (exact) mass is 316 g/mol. The largest absolute Gasteiger partial charge is 0.335 e. The van der Waals surface area contributed by atoms with E-state index in [2.05, 4.69) is 28.4 Å². The van der Waals surface area contributed by atoms with Gasteiger partial charge in [-0.15, -0.1) is 0 Å². The second kappa shape index (κ2) is 5.77. The van der Waals surface area contributed by atoms with Crippen LogP contribution in [0.5, 0.6) is 0 Å². The number of hydrogen-bond donors (Lipinski definition) is 2. The van der Waals surface area contributed by atoms with Crippen molar-refractivity contribution in [3.63, 3.8) is 0 Å². The van der Waals surface area contributed by atoms with E-state index in [0.29, 0.717) is 4.47 Å². The maximum atomic E-state index is 13.5. The van der Waals surface area contributed by atoms with Crippen LogP contribution in [0.1, 0.15) is 10.4 Å². The molecule has 0 atom stereocenters. The number of halogens is 2. The highest BCUT2D eigenvalue weighted by Gasteiger charge is 2.20. The molecule has 1 saturated heterocycles. The molecule has 4 nitrogen and oxygen atoms in total. The summed E-state index contributed by atoms with van der Waals surface area (Å²) in [5.41, 5.74) is 2.81. The molecule has 6 heteroatoms. The van der Waals surface area contributed by atoms with Crippen molar-refractivity contribution in [1.29, 1.82) is 0 Å². The summed E-state index contributed by atoms with van der Waals surface area (Å²) in [7, 11) is 2.12. The molecule has 18 heavy (non-hydrogen) atoms. The Bertz CT molecular complexity index is 447. The maximum Gasteiger partial charge on any atom is 0.268 e. The van der Waals surface area contributed by atoms with Gasteiger partial charge in [-0.3, -0.25) is 10.2 Å². The van der Waals surface area contributed by atoms with E-state index in [0.717, 1.165) is 26.2 Å². The highest BCUT2D eigenvalue weighted by Crippen LogP contribution is 2.15. The summed E-state index contributed by atoms with van der Waals surface area (Å²) in [6, 6.07) is 4.35. The van der Waals surface area contributed by atoms with Gasteiger partial charge in [0.15, 0.2) is 0 Å². The minimum Gasteiger partial charge on any atom is -0.335 e. The van der Waals surface area contributed by atoms with Gasteiger partial charge >= 0.3 is 0 Å². The van der Waals surface area contributed by atoms with Crippen LogP contribution in [0.3, 0.4) is 0 Å². The molecule has 1 aliphatic heterocycles. The van der Waals surface area contributed by atoms with Crippen LogP contribution in [-0.2, 0) is 0 Å². The molecule has 1 fully saturated rings. The Kier molecular flexibility index (Phi) is 4.31. The SMILES string of the molecule is C[NH+]1CCN(NC(=O)c2cc(Br)ccc2F)CC1. The lowest BCUT2D eigenvalue weighted by molar-refractivity contribution is -0.884. The third-order valence-electron chi connectivity index (χ3n) is 3.05. The number of nitrogens with one attached hydrogen (secondary N) is 2. The number of benzene rings is 1. The lowest BCUT2D eigenvalue weighted by Crippen LogP contribution is -3.12. The molecule has 0 bridgehead atoms. The van der Waals surface area contributed by atoms with E-state index in [9.17, 15) is 9.18 Å². The van der Waals surface area contributed by atoms with Gasteiger partial charge in [0, 0.05) is 4.47 Å². The third-order valence-corrected chi connectivity index (χ3v) is 3.54. The number of rotatable bonds is 2. The van der Waals surface area contributed by atoms with E-state index >= 15 is 0 Å². The summed E-state index contributed by atoms with van der Waals surface area (Å²) in [4.78, 5) is 13.4. The first-order valence-corrected chi connectivity index (χ1v) is 6.68. The molecule has 0 aliphatic carbocycles. The van der Waals surface area contributed by atoms with E-state index in [1.807, 2.05) is 5.01 Å². The second-order valence-corrected chi connectivity index (χ2v) is 5.42. The molecule has 2 N–H and O–H groups in total. The molecule has 98 valence electrons. The third kappa shape index (κ3) is 3.28. The number of likely N-dealkylation sites (N-methyl/N-ethyl adjacent to an activating group) is 1. The van der Waals surface area contributed by atoms with Crippen molar-refractivity contribution in [3.8, 4) is 0 Å². The number of quaternary nitrogens is 1. The van der Waals surface area contributed by atoms with E-state index in [1.165, 1.54) is 17.0 Å². The number of nitrogens with zero attached hydrogens (tertiary/aromatic N) is 1. The van der Waals surface area contributed by atoms with Crippen LogP contribution in [0.4, 0.5) is 4.39 Å². The van der Waals surface area contributed by atoms with Crippen LogP contribution < -0.4 is 10.3 Å². The van der Waals surface area contributed by atoms with Crippen LogP contribution in [0.25, 0.3) is 0 Å². The number of hydrogen-bond acceptors (Lipinski definition) is 2. The summed E-state index contributed by atoms with van der Waals surface area (Å²) < 4.78 is 14.2. The second-order valence-electron chi connectivity index (χ2n) is 4.51. The van der Waals surface area contributed by atoms with Crippen LogP contribution >= 0.6 is 15.9 Å². The summed E-state index contributed by atoms with van der Waals surface area (Å²) >= 11 is 3.23. The Labute approximate surface area is 114 Å². The van der Waals surface area contributed by atoms with Crippen molar-refractivity contribution in [2.75, 3.05) is 33.2 Å². The van der Waals surface area contributed by atoms with E-state index in [4.69, 9.17) is 0 Å². The highest BCUT2D eigenvalue weighted by atomic mass is 79.9. The van der Waals surface area contributed by atoms with Crippen molar-refractivity contribution in [3.05, 3.63) is 34.1 Å². The Morgan fingerprint density at radius 3 is 2.78 bits per heavy atom. The van der Waals surface area contributed by atoms with Gasteiger partial charge in [-0.2, -0.15) is 0 Å². The van der Waals surface area contributed by atoms with E-state index in [-0.39, 0.29) is 5.56 Å². The predicted octanol–water partition coefficient (Wildman–Crippen LogP) is 0.0633. The number of amides is 1. The standard InChI is InChI=1S/C12H15BrFN3O/c1-16-4-6-17(7-5-16)15-12(18)10-8-9(13)2-3-11(10)14/h2-3,8H,4-7H2,1H3,(H,15,18)/p+1. The minimum atomic E-state index is -0.504. The molecule has 1 aliphatic rings. The molecule has 0 spiro atoms. The zero-order valence-corrected chi connectivity index (χ0v) is 11.8. The molecule has 1 heterocycles. The number of carbonyl (C=O) groups excluding carboxylic acids is 1. The first-order chi connectivity index (χ1) is 8.56. The predicted molar refractivity (Wildman–Crippen MR) is 69.8 cm³/mol. The molecule has 0 saturated carbocycles. The zero-order chi connectivity index (χ0) is 13.1. The van der Waals surface area contributed by atoms with Crippen molar-refractivity contribution >= 4 is 21.8 Å². The Balaban J connectivity index is 2.01. The van der Waals surface area contributed by atoms with Gasteiger partial charge in [-0.25, -0.2) is 9.40 Å². The smallest absolute Gasteiger partial charge is 0.268 e. The van der Waals surface area contributed by atoms with Gasteiger partial charge in [0.25, 0.3) is 5.91 Å². The fraction of sp³-hybridized carbons (Fsp3) is 0.417. The molecule has 0 radical (unpaired) electrons. The first-order valence-electron chi connectivity index (χ1n) is 5.88. The maximum absolute atomic E-state index is 13.5. The fourth-order valence-electron chi connectivity index (χ4n) is 1.88. The normalized spacial score (nSPS) is 17.7. The number of carbonyl (C=O) groups is 1. The van der Waals surface area contributed by atoms with Gasteiger partial charge in [0.2, 0.25) is 0 Å². The highest BCUT2D eigenvalue weighted by molar-refractivity contribution is 9.10. The minimum absolute atomic E-state index is 0.0654. The summed E-state index contributed by atoms with van der Waals surface area (Å²) in [6.45, 7) is 3.52. The topological polar surface area (TPSA) is 36.8 Å². The van der Waals surface area contributed by atoms with Gasteiger partial charge in [-0.05, 0) is 18.2 Å². The average molecular weight is 317 g/mol. The van der Waals surface area contributed by atoms with Crippen molar-refractivity contribution < 1.29 is 14.1 Å². The molecule has 1 aromatic rings. The Morgan fingerprint density at radius 2 is 2.11 bits per heavy atom. The average Bonchev–Trinajstić information content (AvgIpc) is 2.35. The summed E-state index contributed by atoms with van der Waals surface area (Å²) in [5, 5.41) is 1.84. The van der Waals surface area contributed by atoms with Crippen LogP contribution in [0, 0.1) is 5.82 Å². The molecule has 0 aromatic heterocycles. The van der Waals surface area contributed by atoms with Crippen LogP contribution in [0.15, 0.2) is 22.7 Å². The lowest BCUT2D eigenvalue weighted by Gasteiger charge is -2.30. The quantitative estimate of drug-likeness (QED) is 0.810. The molecule has 1 amide bonds. The van der Waals surface area contributed by atoms with E-state index < -0.39 is 11.7 Å². The van der Waals surface area contributed by atoms with Crippen molar-refractivity contribution in [1.82, 2.24) is 10.4 Å². The Morgan fingerprint density at radius 1 is 1.44 bits per heavy atom. The number of piperazine rings is 1. The Hall–Kier alpha value is -0.980. The molecular weight excluding hydrogens is 301 g/mol. The molecule has 0 unspecified atom stereocenters. The van der Waals surface area contributed by atoms with Crippen LogP contribution in [-0.4, -0.2) is 44.1 Å².